The number of nitrogens with zero attached hydrogens (tertiary/aromatic N) is 2. The van der Waals surface area contributed by atoms with Gasteiger partial charge in [0.05, 0.1) is 6.54 Å². The van der Waals surface area contributed by atoms with Gasteiger partial charge in [-0.05, 0) is 55.4 Å². The van der Waals surface area contributed by atoms with Gasteiger partial charge in [0.2, 0.25) is 0 Å². The van der Waals surface area contributed by atoms with Crippen LogP contribution in [0, 0.1) is 13.8 Å². The van der Waals surface area contributed by atoms with Gasteiger partial charge in [0.15, 0.2) is 10.9 Å². The highest BCUT2D eigenvalue weighted by atomic mass is 35.5. The van der Waals surface area contributed by atoms with Crippen molar-refractivity contribution in [2.75, 3.05) is 10.6 Å². The Kier molecular flexibility index (Phi) is 5.81. The molecule has 0 aliphatic rings. The second-order valence-corrected chi connectivity index (χ2v) is 7.15. The molecule has 4 nitrogen and oxygen atoms in total. The number of rotatable bonds is 4. The molecule has 0 unspecified atom stereocenters. The second-order valence-electron chi connectivity index (χ2n) is 5.93. The fourth-order valence-corrected chi connectivity index (χ4v) is 3.25. The summed E-state index contributed by atoms with van der Waals surface area (Å²) in [7, 11) is 0. The normalized spacial score (nSPS) is 10.6. The highest BCUT2D eigenvalue weighted by molar-refractivity contribution is 7.80. The summed E-state index contributed by atoms with van der Waals surface area (Å²) in [4.78, 5) is 0. The van der Waals surface area contributed by atoms with Crippen molar-refractivity contribution in [3.8, 4) is 0 Å². The Labute approximate surface area is 168 Å². The number of hydrogen-bond acceptors (Lipinski definition) is 2. The fraction of sp³-hybridized carbons (Fsp3) is 0.158. The fourth-order valence-electron chi connectivity index (χ4n) is 2.52. The average molecular weight is 405 g/mol. The Morgan fingerprint density at radius 2 is 1.73 bits per heavy atom. The summed E-state index contributed by atoms with van der Waals surface area (Å²) in [6.45, 7) is 4.61. The molecule has 0 atom stereocenters. The molecule has 2 aromatic carbocycles. The Morgan fingerprint density at radius 3 is 2.46 bits per heavy atom. The van der Waals surface area contributed by atoms with Gasteiger partial charge in [-0.3, -0.25) is 4.68 Å². The minimum atomic E-state index is 0.483. The minimum absolute atomic E-state index is 0.483. The molecule has 1 heterocycles. The van der Waals surface area contributed by atoms with Gasteiger partial charge in [0.25, 0.3) is 0 Å². The van der Waals surface area contributed by atoms with Crippen LogP contribution in [0.1, 0.15) is 16.7 Å². The van der Waals surface area contributed by atoms with E-state index in [0.29, 0.717) is 27.5 Å². The van der Waals surface area contributed by atoms with Crippen molar-refractivity contribution in [3.63, 3.8) is 0 Å². The monoisotopic (exact) mass is 404 g/mol. The van der Waals surface area contributed by atoms with Crippen LogP contribution in [0.3, 0.4) is 0 Å². The maximum atomic E-state index is 6.22. The van der Waals surface area contributed by atoms with E-state index in [0.717, 1.165) is 16.8 Å². The summed E-state index contributed by atoms with van der Waals surface area (Å²) < 4.78 is 1.76. The smallest absolute Gasteiger partial charge is 0.176 e. The van der Waals surface area contributed by atoms with E-state index in [1.54, 1.807) is 4.68 Å². The molecular formula is C19H18Cl2N4S. The van der Waals surface area contributed by atoms with Crippen molar-refractivity contribution < 1.29 is 0 Å². The molecule has 0 aliphatic carbocycles. The second kappa shape index (κ2) is 8.08. The highest BCUT2D eigenvalue weighted by Crippen LogP contribution is 2.25. The molecular weight excluding hydrogens is 387 g/mol. The molecule has 3 aromatic rings. The molecule has 0 fully saturated rings. The zero-order valence-electron chi connectivity index (χ0n) is 14.4. The maximum absolute atomic E-state index is 6.22. The molecule has 3 rings (SSSR count). The lowest BCUT2D eigenvalue weighted by Gasteiger charge is -2.12. The van der Waals surface area contributed by atoms with E-state index >= 15 is 0 Å². The summed E-state index contributed by atoms with van der Waals surface area (Å²) in [5, 5.41) is 12.5. The summed E-state index contributed by atoms with van der Waals surface area (Å²) in [6, 6.07) is 13.4. The first kappa shape index (κ1) is 18.7. The van der Waals surface area contributed by atoms with Crippen molar-refractivity contribution in [1.29, 1.82) is 0 Å². The van der Waals surface area contributed by atoms with E-state index in [-0.39, 0.29) is 0 Å². The van der Waals surface area contributed by atoms with Crippen LogP contribution in [-0.2, 0) is 6.54 Å². The lowest BCUT2D eigenvalue weighted by Crippen LogP contribution is -2.20. The van der Waals surface area contributed by atoms with Gasteiger partial charge in [0, 0.05) is 33.6 Å². The van der Waals surface area contributed by atoms with Crippen LogP contribution in [0.2, 0.25) is 10.0 Å². The van der Waals surface area contributed by atoms with E-state index in [1.165, 1.54) is 5.56 Å². The first-order valence-corrected chi connectivity index (χ1v) is 9.21. The Balaban J connectivity index is 1.67. The Hall–Kier alpha value is -2.08. The summed E-state index contributed by atoms with van der Waals surface area (Å²) >= 11 is 17.8. The molecule has 0 bridgehead atoms. The van der Waals surface area contributed by atoms with E-state index in [1.807, 2.05) is 42.6 Å². The molecule has 0 saturated carbocycles. The topological polar surface area (TPSA) is 41.9 Å². The van der Waals surface area contributed by atoms with Crippen molar-refractivity contribution in [3.05, 3.63) is 75.4 Å². The van der Waals surface area contributed by atoms with E-state index in [9.17, 15) is 0 Å². The molecule has 0 aliphatic heterocycles. The molecule has 2 N–H and O–H groups in total. The average Bonchev–Trinajstić information content (AvgIpc) is 3.02. The van der Waals surface area contributed by atoms with Crippen LogP contribution < -0.4 is 10.6 Å². The number of anilines is 2. The molecule has 26 heavy (non-hydrogen) atoms. The van der Waals surface area contributed by atoms with Gasteiger partial charge in [-0.1, -0.05) is 41.4 Å². The van der Waals surface area contributed by atoms with Gasteiger partial charge < -0.3 is 10.6 Å². The zero-order valence-corrected chi connectivity index (χ0v) is 16.7. The SMILES string of the molecule is Cc1cccc(NC(=S)Nc2ccn(Cc3c(Cl)cccc3Cl)n2)c1C. The first-order valence-electron chi connectivity index (χ1n) is 8.04. The number of benzene rings is 2. The quantitative estimate of drug-likeness (QED) is 0.550. The predicted molar refractivity (Wildman–Crippen MR) is 114 cm³/mol. The molecule has 1 aromatic heterocycles. The van der Waals surface area contributed by atoms with Gasteiger partial charge >= 0.3 is 0 Å². The van der Waals surface area contributed by atoms with E-state index in [4.69, 9.17) is 35.4 Å². The van der Waals surface area contributed by atoms with Crippen molar-refractivity contribution in [2.24, 2.45) is 0 Å². The van der Waals surface area contributed by atoms with Crippen molar-refractivity contribution in [1.82, 2.24) is 9.78 Å². The lowest BCUT2D eigenvalue weighted by atomic mass is 10.1. The first-order chi connectivity index (χ1) is 12.4. The molecule has 0 spiro atoms. The molecule has 0 saturated heterocycles. The number of thiocarbonyl (C=S) groups is 1. The van der Waals surface area contributed by atoms with Gasteiger partial charge in [-0.15, -0.1) is 0 Å². The standard InChI is InChI=1S/C19H18Cl2N4S/c1-12-5-3-8-17(13(12)2)22-19(26)23-18-9-10-25(24-18)11-14-15(20)6-4-7-16(14)21/h3-10H,11H2,1-2H3,(H2,22,23,24,26). The van der Waals surface area contributed by atoms with Gasteiger partial charge in [0.1, 0.15) is 0 Å². The van der Waals surface area contributed by atoms with Gasteiger partial charge in [-0.2, -0.15) is 5.10 Å². The lowest BCUT2D eigenvalue weighted by molar-refractivity contribution is 0.690. The molecule has 134 valence electrons. The van der Waals surface area contributed by atoms with E-state index < -0.39 is 0 Å². The van der Waals surface area contributed by atoms with Crippen molar-refractivity contribution in [2.45, 2.75) is 20.4 Å². The Bertz CT molecular complexity index is 932. The number of hydrogen-bond donors (Lipinski definition) is 2. The number of halogens is 2. The van der Waals surface area contributed by atoms with Crippen LogP contribution in [0.5, 0.6) is 0 Å². The van der Waals surface area contributed by atoms with Crippen LogP contribution in [0.4, 0.5) is 11.5 Å². The molecule has 0 amide bonds. The summed E-state index contributed by atoms with van der Waals surface area (Å²) in [6.07, 6.45) is 1.85. The summed E-state index contributed by atoms with van der Waals surface area (Å²) in [5.74, 6) is 0.649. The van der Waals surface area contributed by atoms with Crippen molar-refractivity contribution >= 4 is 52.0 Å². The third-order valence-corrected chi connectivity index (χ3v) is 5.03. The van der Waals surface area contributed by atoms with Crippen LogP contribution in [-0.4, -0.2) is 14.9 Å². The number of nitrogens with one attached hydrogen (secondary N) is 2. The number of aromatic nitrogens is 2. The number of aryl methyl sites for hydroxylation is 1. The summed E-state index contributed by atoms with van der Waals surface area (Å²) in [5.41, 5.74) is 4.18. The minimum Gasteiger partial charge on any atom is -0.332 e. The highest BCUT2D eigenvalue weighted by Gasteiger charge is 2.09. The third-order valence-electron chi connectivity index (χ3n) is 4.12. The van der Waals surface area contributed by atoms with Crippen LogP contribution in [0.25, 0.3) is 0 Å². The Morgan fingerprint density at radius 1 is 1.04 bits per heavy atom. The predicted octanol–water partition coefficient (Wildman–Crippen LogP) is 5.66. The third kappa shape index (κ3) is 4.36. The van der Waals surface area contributed by atoms with Crippen LogP contribution in [0.15, 0.2) is 48.7 Å². The molecule has 7 heteroatoms. The van der Waals surface area contributed by atoms with Crippen LogP contribution >= 0.6 is 35.4 Å². The van der Waals surface area contributed by atoms with E-state index in [2.05, 4.69) is 35.6 Å². The largest absolute Gasteiger partial charge is 0.332 e. The maximum Gasteiger partial charge on any atom is 0.176 e. The zero-order chi connectivity index (χ0) is 18.7. The molecule has 0 radical (unpaired) electrons. The van der Waals surface area contributed by atoms with Gasteiger partial charge in [-0.25, -0.2) is 0 Å².